The van der Waals surface area contributed by atoms with Gasteiger partial charge in [-0.3, -0.25) is 4.79 Å². The molecule has 2 aromatic rings. The molecule has 0 bridgehead atoms. The van der Waals surface area contributed by atoms with E-state index in [9.17, 15) is 13.2 Å². The molecular formula is C23H25ClN4O4S. The smallest absolute Gasteiger partial charge is 0.257 e. The fourth-order valence-corrected chi connectivity index (χ4v) is 5.74. The Morgan fingerprint density at radius 1 is 1.03 bits per heavy atom. The van der Waals surface area contributed by atoms with E-state index >= 15 is 0 Å². The molecule has 2 aliphatic rings. The summed E-state index contributed by atoms with van der Waals surface area (Å²) in [6.07, 6.45) is 3.16. The first-order valence-corrected chi connectivity index (χ1v) is 12.7. The molecule has 2 saturated heterocycles. The summed E-state index contributed by atoms with van der Waals surface area (Å²) in [6, 6.07) is 11.4. The lowest BCUT2D eigenvalue weighted by Crippen LogP contribution is -2.40. The van der Waals surface area contributed by atoms with Crippen LogP contribution < -0.4 is 10.2 Å². The van der Waals surface area contributed by atoms with Gasteiger partial charge in [0.2, 0.25) is 10.0 Å². The number of nitriles is 1. The van der Waals surface area contributed by atoms with E-state index in [0.29, 0.717) is 30.2 Å². The predicted molar refractivity (Wildman–Crippen MR) is 126 cm³/mol. The minimum absolute atomic E-state index is 0.0770. The third-order valence-corrected chi connectivity index (χ3v) is 8.07. The molecular weight excluding hydrogens is 464 g/mol. The average Bonchev–Trinajstić information content (AvgIpc) is 2.85. The molecule has 8 nitrogen and oxygen atoms in total. The second-order valence-corrected chi connectivity index (χ2v) is 10.3. The molecule has 0 saturated carbocycles. The van der Waals surface area contributed by atoms with E-state index in [2.05, 4.69) is 10.2 Å². The van der Waals surface area contributed by atoms with Gasteiger partial charge in [0.25, 0.3) is 5.91 Å². The van der Waals surface area contributed by atoms with Crippen molar-refractivity contribution in [3.8, 4) is 6.07 Å². The summed E-state index contributed by atoms with van der Waals surface area (Å²) in [5.74, 6) is -0.435. The van der Waals surface area contributed by atoms with Crippen LogP contribution in [0.5, 0.6) is 0 Å². The van der Waals surface area contributed by atoms with Crippen LogP contribution in [-0.2, 0) is 14.8 Å². The number of carbonyl (C=O) groups excluding carboxylic acids is 1. The van der Waals surface area contributed by atoms with Crippen LogP contribution in [0.4, 0.5) is 11.4 Å². The number of piperidine rings is 1. The maximum Gasteiger partial charge on any atom is 0.257 e. The number of hydrogen-bond acceptors (Lipinski definition) is 6. The Labute approximate surface area is 198 Å². The van der Waals surface area contributed by atoms with Crippen molar-refractivity contribution >= 4 is 38.9 Å². The molecule has 1 N–H and O–H groups in total. The van der Waals surface area contributed by atoms with Crippen LogP contribution in [-0.4, -0.2) is 58.0 Å². The molecule has 0 unspecified atom stereocenters. The number of hydrogen-bond donors (Lipinski definition) is 1. The highest BCUT2D eigenvalue weighted by atomic mass is 35.5. The highest BCUT2D eigenvalue weighted by Crippen LogP contribution is 2.30. The number of halogens is 1. The monoisotopic (exact) mass is 488 g/mol. The van der Waals surface area contributed by atoms with E-state index in [1.165, 1.54) is 22.5 Å². The molecule has 0 aromatic heterocycles. The minimum Gasteiger partial charge on any atom is -0.379 e. The number of carbonyl (C=O) groups is 1. The average molecular weight is 489 g/mol. The summed E-state index contributed by atoms with van der Waals surface area (Å²) in [7, 11) is -3.76. The highest BCUT2D eigenvalue weighted by molar-refractivity contribution is 7.89. The second-order valence-electron chi connectivity index (χ2n) is 8.00. The number of nitrogens with zero attached hydrogens (tertiary/aromatic N) is 3. The van der Waals surface area contributed by atoms with Gasteiger partial charge in [-0.25, -0.2) is 8.42 Å². The number of amides is 1. The Hall–Kier alpha value is -2.64. The molecule has 2 fully saturated rings. The Balaban J connectivity index is 1.69. The highest BCUT2D eigenvalue weighted by Gasteiger charge is 2.29. The van der Waals surface area contributed by atoms with Gasteiger partial charge >= 0.3 is 0 Å². The maximum atomic E-state index is 13.3. The molecule has 0 spiro atoms. The molecule has 4 rings (SSSR count). The van der Waals surface area contributed by atoms with Crippen molar-refractivity contribution < 1.29 is 17.9 Å². The number of nitrogens with one attached hydrogen (secondary N) is 1. The molecule has 2 aromatic carbocycles. The van der Waals surface area contributed by atoms with Crippen molar-refractivity contribution in [2.45, 2.75) is 24.2 Å². The van der Waals surface area contributed by atoms with Crippen molar-refractivity contribution in [3.05, 3.63) is 52.5 Å². The first-order chi connectivity index (χ1) is 15.9. The third kappa shape index (κ3) is 5.14. The molecule has 2 aliphatic heterocycles. The Morgan fingerprint density at radius 3 is 2.42 bits per heavy atom. The molecule has 1 amide bonds. The normalized spacial score (nSPS) is 17.4. The van der Waals surface area contributed by atoms with Crippen LogP contribution in [0.3, 0.4) is 0 Å². The topological polar surface area (TPSA) is 103 Å². The third-order valence-electron chi connectivity index (χ3n) is 5.86. The van der Waals surface area contributed by atoms with Crippen LogP contribution >= 0.6 is 11.6 Å². The molecule has 0 radical (unpaired) electrons. The molecule has 10 heteroatoms. The number of ether oxygens (including phenoxy) is 1. The van der Waals surface area contributed by atoms with Crippen LogP contribution in [0.25, 0.3) is 0 Å². The number of sulfonamides is 1. The summed E-state index contributed by atoms with van der Waals surface area (Å²) in [5, 5.41) is 12.1. The summed E-state index contributed by atoms with van der Waals surface area (Å²) < 4.78 is 33.1. The fourth-order valence-electron chi connectivity index (χ4n) is 4.09. The molecule has 2 heterocycles. The molecule has 0 aliphatic carbocycles. The number of anilines is 2. The van der Waals surface area contributed by atoms with Crippen LogP contribution in [0, 0.1) is 11.3 Å². The van der Waals surface area contributed by atoms with Crippen molar-refractivity contribution in [3.63, 3.8) is 0 Å². The first kappa shape index (κ1) is 23.5. The van der Waals surface area contributed by atoms with Gasteiger partial charge in [-0.15, -0.1) is 0 Å². The number of benzene rings is 2. The molecule has 0 atom stereocenters. The zero-order valence-corrected chi connectivity index (χ0v) is 19.7. The summed E-state index contributed by atoms with van der Waals surface area (Å²) in [5.41, 5.74) is 1.72. The van der Waals surface area contributed by atoms with E-state index in [0.717, 1.165) is 32.4 Å². The van der Waals surface area contributed by atoms with Crippen molar-refractivity contribution in [1.82, 2.24) is 4.31 Å². The van der Waals surface area contributed by atoms with Gasteiger partial charge in [0.15, 0.2) is 0 Å². The first-order valence-electron chi connectivity index (χ1n) is 10.9. The van der Waals surface area contributed by atoms with Gasteiger partial charge < -0.3 is 15.0 Å². The lowest BCUT2D eigenvalue weighted by molar-refractivity contribution is 0.0730. The van der Waals surface area contributed by atoms with Crippen LogP contribution in [0.1, 0.15) is 35.2 Å². The standard InChI is InChI=1S/C23H25ClN4O4S/c24-21-14-18(5-4-17(21)16-25)26-23(29)20-15-19(33(30,31)28-10-12-32-13-11-28)6-7-22(20)27-8-2-1-3-9-27/h4-7,14-15H,1-3,8-13H2,(H,26,29). The summed E-state index contributed by atoms with van der Waals surface area (Å²) in [6.45, 7) is 2.86. The van der Waals surface area contributed by atoms with Gasteiger partial charge in [-0.05, 0) is 55.7 Å². The Bertz CT molecular complexity index is 1180. The van der Waals surface area contributed by atoms with E-state index in [1.54, 1.807) is 18.2 Å². The molecule has 33 heavy (non-hydrogen) atoms. The van der Waals surface area contributed by atoms with E-state index in [1.807, 2.05) is 6.07 Å². The molecule has 174 valence electrons. The SMILES string of the molecule is N#Cc1ccc(NC(=O)c2cc(S(=O)(=O)N3CCOCC3)ccc2N2CCCCC2)cc1Cl. The van der Waals surface area contributed by atoms with Crippen LogP contribution in [0.15, 0.2) is 41.3 Å². The van der Waals surface area contributed by atoms with Crippen molar-refractivity contribution in [1.29, 1.82) is 5.26 Å². The van der Waals surface area contributed by atoms with Gasteiger partial charge in [0.1, 0.15) is 6.07 Å². The largest absolute Gasteiger partial charge is 0.379 e. The van der Waals surface area contributed by atoms with Crippen molar-refractivity contribution in [2.24, 2.45) is 0 Å². The van der Waals surface area contributed by atoms with E-state index in [4.69, 9.17) is 21.6 Å². The van der Waals surface area contributed by atoms with Gasteiger partial charge in [0.05, 0.1) is 34.3 Å². The lowest BCUT2D eigenvalue weighted by Gasteiger charge is -2.31. The van der Waals surface area contributed by atoms with Crippen LogP contribution in [0.2, 0.25) is 5.02 Å². The predicted octanol–water partition coefficient (Wildman–Crippen LogP) is 3.48. The quantitative estimate of drug-likeness (QED) is 0.691. The summed E-state index contributed by atoms with van der Waals surface area (Å²) in [4.78, 5) is 15.5. The van der Waals surface area contributed by atoms with Crippen molar-refractivity contribution in [2.75, 3.05) is 49.6 Å². The zero-order chi connectivity index (χ0) is 23.4. The van der Waals surface area contributed by atoms with Gasteiger partial charge in [-0.2, -0.15) is 9.57 Å². The van der Waals surface area contributed by atoms with Gasteiger partial charge in [0, 0.05) is 37.6 Å². The minimum atomic E-state index is -3.76. The Morgan fingerprint density at radius 2 is 1.76 bits per heavy atom. The zero-order valence-electron chi connectivity index (χ0n) is 18.1. The second kappa shape index (κ2) is 10.1. The lowest BCUT2D eigenvalue weighted by atomic mass is 10.1. The number of morpholine rings is 1. The maximum absolute atomic E-state index is 13.3. The number of rotatable bonds is 5. The van der Waals surface area contributed by atoms with E-state index < -0.39 is 15.9 Å². The summed E-state index contributed by atoms with van der Waals surface area (Å²) >= 11 is 6.11. The van der Waals surface area contributed by atoms with E-state index in [-0.39, 0.29) is 28.6 Å². The Kier molecular flexibility index (Phi) is 7.20. The van der Waals surface area contributed by atoms with Gasteiger partial charge in [-0.1, -0.05) is 11.6 Å². The fraction of sp³-hybridized carbons (Fsp3) is 0.391.